The number of benzene rings is 3. The first kappa shape index (κ1) is 19.3. The van der Waals surface area contributed by atoms with Gasteiger partial charge in [0.25, 0.3) is 0 Å². The van der Waals surface area contributed by atoms with Crippen LogP contribution in [0.15, 0.2) is 60.7 Å². The summed E-state index contributed by atoms with van der Waals surface area (Å²) in [7, 11) is 0. The third-order valence-corrected chi connectivity index (χ3v) is 4.73. The number of rotatable bonds is 7. The van der Waals surface area contributed by atoms with Gasteiger partial charge in [0, 0.05) is 6.07 Å². The Hall–Kier alpha value is -3.47. The summed E-state index contributed by atoms with van der Waals surface area (Å²) >= 11 is 0. The Morgan fingerprint density at radius 3 is 1.75 bits per heavy atom. The van der Waals surface area contributed by atoms with Crippen LogP contribution in [0.2, 0.25) is 0 Å². The van der Waals surface area contributed by atoms with Crippen LogP contribution in [0.3, 0.4) is 0 Å². The van der Waals surface area contributed by atoms with E-state index in [9.17, 15) is 20.1 Å². The highest BCUT2D eigenvalue weighted by Gasteiger charge is 2.09. The average molecular weight is 378 g/mol. The van der Waals surface area contributed by atoms with E-state index in [1.807, 2.05) is 18.2 Å². The molecule has 4 N–H and O–H groups in total. The molecule has 0 radical (unpaired) electrons. The summed E-state index contributed by atoms with van der Waals surface area (Å²) in [6.07, 6.45) is 2.49. The van der Waals surface area contributed by atoms with Crippen LogP contribution in [0.25, 0.3) is 0 Å². The van der Waals surface area contributed by atoms with E-state index >= 15 is 0 Å². The van der Waals surface area contributed by atoms with Gasteiger partial charge in [-0.1, -0.05) is 30.3 Å². The highest BCUT2D eigenvalue weighted by Crippen LogP contribution is 2.27. The van der Waals surface area contributed by atoms with Crippen LogP contribution in [0, 0.1) is 0 Å². The van der Waals surface area contributed by atoms with Gasteiger partial charge in [0.1, 0.15) is 17.2 Å². The van der Waals surface area contributed by atoms with Crippen molar-refractivity contribution in [3.63, 3.8) is 0 Å². The zero-order valence-corrected chi connectivity index (χ0v) is 15.3. The maximum atomic E-state index is 10.9. The van der Waals surface area contributed by atoms with Crippen molar-refractivity contribution in [2.24, 2.45) is 0 Å². The Labute approximate surface area is 163 Å². The van der Waals surface area contributed by atoms with Crippen molar-refractivity contribution in [1.82, 2.24) is 0 Å². The first-order valence-electron chi connectivity index (χ1n) is 9.06. The smallest absolute Gasteiger partial charge is 0.335 e. The summed E-state index contributed by atoms with van der Waals surface area (Å²) in [5, 5.41) is 38.7. The third kappa shape index (κ3) is 4.82. The van der Waals surface area contributed by atoms with Crippen LogP contribution in [0.1, 0.15) is 32.6 Å². The number of phenols is 3. The fraction of sp³-hybridized carbons (Fsp3) is 0.174. The van der Waals surface area contributed by atoms with E-state index in [1.54, 1.807) is 36.4 Å². The van der Waals surface area contributed by atoms with Gasteiger partial charge < -0.3 is 20.4 Å². The van der Waals surface area contributed by atoms with Crippen molar-refractivity contribution >= 4 is 5.97 Å². The summed E-state index contributed by atoms with van der Waals surface area (Å²) in [6, 6.07) is 16.9. The minimum atomic E-state index is -0.947. The van der Waals surface area contributed by atoms with Crippen LogP contribution in [0.5, 0.6) is 17.2 Å². The van der Waals surface area contributed by atoms with Crippen molar-refractivity contribution in [3.05, 3.63) is 88.5 Å². The molecule has 0 spiro atoms. The number of hydrogen-bond acceptors (Lipinski definition) is 4. The molecule has 0 aliphatic heterocycles. The predicted octanol–water partition coefficient (Wildman–Crippen LogP) is 4.07. The molecule has 144 valence electrons. The van der Waals surface area contributed by atoms with Gasteiger partial charge in [-0.3, -0.25) is 0 Å². The number of aromatic hydroxyl groups is 3. The number of para-hydroxylation sites is 1. The number of carboxylic acids is 1. The molecule has 0 fully saturated rings. The van der Waals surface area contributed by atoms with Crippen LogP contribution in [-0.4, -0.2) is 26.4 Å². The molecular formula is C23H22O5. The molecule has 0 unspecified atom stereocenters. The van der Waals surface area contributed by atoms with Gasteiger partial charge in [0.15, 0.2) is 0 Å². The number of aryl methyl sites for hydroxylation is 4. The Kier molecular flexibility index (Phi) is 5.84. The fourth-order valence-corrected chi connectivity index (χ4v) is 3.22. The Balaban J connectivity index is 1.66. The topological polar surface area (TPSA) is 98.0 Å². The number of hydrogen-bond donors (Lipinski definition) is 4. The zero-order chi connectivity index (χ0) is 20.1. The van der Waals surface area contributed by atoms with Crippen LogP contribution < -0.4 is 0 Å². The minimum absolute atomic E-state index is 0.0156. The summed E-state index contributed by atoms with van der Waals surface area (Å²) in [6.45, 7) is 0. The minimum Gasteiger partial charge on any atom is -0.508 e. The van der Waals surface area contributed by atoms with Gasteiger partial charge >= 0.3 is 5.97 Å². The summed E-state index contributed by atoms with van der Waals surface area (Å²) in [5.74, 6) is -0.658. The second kappa shape index (κ2) is 8.48. The third-order valence-electron chi connectivity index (χ3n) is 4.73. The number of carbonyl (C=O) groups is 1. The van der Waals surface area contributed by atoms with Crippen molar-refractivity contribution in [3.8, 4) is 17.2 Å². The first-order chi connectivity index (χ1) is 13.4. The van der Waals surface area contributed by atoms with E-state index in [0.717, 1.165) is 22.3 Å². The van der Waals surface area contributed by atoms with E-state index in [4.69, 9.17) is 5.11 Å². The first-order valence-corrected chi connectivity index (χ1v) is 9.06. The van der Waals surface area contributed by atoms with Crippen molar-refractivity contribution in [2.45, 2.75) is 25.7 Å². The van der Waals surface area contributed by atoms with Crippen molar-refractivity contribution < 1.29 is 25.2 Å². The summed E-state index contributed by atoms with van der Waals surface area (Å²) < 4.78 is 0. The van der Waals surface area contributed by atoms with Gasteiger partial charge in [-0.25, -0.2) is 4.79 Å². The molecule has 0 aliphatic carbocycles. The van der Waals surface area contributed by atoms with Gasteiger partial charge in [-0.2, -0.15) is 0 Å². The zero-order valence-electron chi connectivity index (χ0n) is 15.3. The number of phenolic OH excluding ortho intramolecular Hbond substituents is 3. The molecule has 0 aromatic heterocycles. The molecule has 0 saturated carbocycles. The Bertz CT molecular complexity index is 957. The maximum absolute atomic E-state index is 10.9. The molecule has 0 bridgehead atoms. The molecular weight excluding hydrogens is 356 g/mol. The van der Waals surface area contributed by atoms with Crippen LogP contribution >= 0.6 is 0 Å². The normalized spacial score (nSPS) is 10.7. The number of carboxylic acid groups (broad SMARTS) is 1. The highest BCUT2D eigenvalue weighted by molar-refractivity contribution is 5.87. The molecule has 5 nitrogen and oxygen atoms in total. The van der Waals surface area contributed by atoms with E-state index in [2.05, 4.69) is 0 Å². The maximum Gasteiger partial charge on any atom is 0.335 e. The van der Waals surface area contributed by atoms with Gasteiger partial charge in [0.05, 0.1) is 5.56 Å². The second-order valence-corrected chi connectivity index (χ2v) is 6.78. The molecule has 0 amide bonds. The SMILES string of the molecule is O=C(O)c1ccc(CCc2cccc(CCc3cc(O)cc(O)c3)c2O)cc1. The number of aromatic carboxylic acids is 1. The predicted molar refractivity (Wildman–Crippen MR) is 106 cm³/mol. The van der Waals surface area contributed by atoms with Gasteiger partial charge in [-0.15, -0.1) is 0 Å². The molecule has 3 rings (SSSR count). The summed E-state index contributed by atoms with van der Waals surface area (Å²) in [5.41, 5.74) is 3.69. The molecule has 0 atom stereocenters. The quantitative estimate of drug-likeness (QED) is 0.497. The van der Waals surface area contributed by atoms with Crippen LogP contribution in [-0.2, 0) is 25.7 Å². The fourth-order valence-electron chi connectivity index (χ4n) is 3.22. The molecule has 5 heteroatoms. The monoisotopic (exact) mass is 378 g/mol. The van der Waals surface area contributed by atoms with E-state index < -0.39 is 5.97 Å². The van der Waals surface area contributed by atoms with E-state index in [0.29, 0.717) is 25.7 Å². The lowest BCUT2D eigenvalue weighted by Crippen LogP contribution is -1.98. The molecule has 3 aromatic rings. The molecule has 3 aromatic carbocycles. The Morgan fingerprint density at radius 2 is 1.21 bits per heavy atom. The molecule has 0 saturated heterocycles. The Morgan fingerprint density at radius 1 is 0.679 bits per heavy atom. The lowest BCUT2D eigenvalue weighted by molar-refractivity contribution is 0.0697. The second-order valence-electron chi connectivity index (χ2n) is 6.78. The lowest BCUT2D eigenvalue weighted by atomic mass is 9.97. The average Bonchev–Trinajstić information content (AvgIpc) is 2.66. The van der Waals surface area contributed by atoms with Gasteiger partial charge in [0.2, 0.25) is 0 Å². The summed E-state index contributed by atoms with van der Waals surface area (Å²) in [4.78, 5) is 10.9. The lowest BCUT2D eigenvalue weighted by Gasteiger charge is -2.11. The molecule has 28 heavy (non-hydrogen) atoms. The van der Waals surface area contributed by atoms with Crippen molar-refractivity contribution in [2.75, 3.05) is 0 Å². The van der Waals surface area contributed by atoms with Gasteiger partial charge in [-0.05, 0) is 72.2 Å². The highest BCUT2D eigenvalue weighted by atomic mass is 16.4. The largest absolute Gasteiger partial charge is 0.508 e. The standard InChI is InChI=1S/C23H22O5/c24-20-12-16(13-21(25)14-20)7-9-18-3-1-2-17(22(18)26)8-4-15-5-10-19(11-6-15)23(27)28/h1-3,5-6,10-14,24-26H,4,7-9H2,(H,27,28). The molecule has 0 aliphatic rings. The van der Waals surface area contributed by atoms with Crippen LogP contribution in [0.4, 0.5) is 0 Å². The van der Waals surface area contributed by atoms with E-state index in [1.165, 1.54) is 6.07 Å². The van der Waals surface area contributed by atoms with E-state index in [-0.39, 0.29) is 22.8 Å². The van der Waals surface area contributed by atoms with Crippen molar-refractivity contribution in [1.29, 1.82) is 0 Å². The molecule has 0 heterocycles.